The monoisotopic (exact) mass is 392 g/mol. The van der Waals surface area contributed by atoms with Crippen molar-refractivity contribution in [3.8, 4) is 5.75 Å². The standard InChI is InChI=1S/C23H21ClN2O2/c24-19-9-4-10-20(15-19)25-23(27)28-21-11-12-22-18(14-21)8-5-13-26(22)16-17-6-2-1-3-7-17/h1-4,6-7,9-12,14-15H,5,8,13,16H2,(H,25,27). The lowest BCUT2D eigenvalue weighted by Gasteiger charge is -2.31. The highest BCUT2D eigenvalue weighted by Gasteiger charge is 2.18. The Labute approximate surface area is 169 Å². The van der Waals surface area contributed by atoms with Gasteiger partial charge in [-0.1, -0.05) is 48.0 Å². The molecule has 0 saturated heterocycles. The molecule has 1 heterocycles. The van der Waals surface area contributed by atoms with Crippen molar-refractivity contribution in [2.24, 2.45) is 0 Å². The Balaban J connectivity index is 1.45. The number of ether oxygens (including phenoxy) is 1. The molecule has 0 saturated carbocycles. The quantitative estimate of drug-likeness (QED) is 0.600. The van der Waals surface area contributed by atoms with Crippen LogP contribution in [-0.4, -0.2) is 12.6 Å². The molecule has 4 rings (SSSR count). The number of nitrogens with zero attached hydrogens (tertiary/aromatic N) is 1. The molecular weight excluding hydrogens is 372 g/mol. The number of amides is 1. The van der Waals surface area contributed by atoms with Gasteiger partial charge in [-0.25, -0.2) is 4.79 Å². The van der Waals surface area contributed by atoms with Gasteiger partial charge in [0.15, 0.2) is 0 Å². The lowest BCUT2D eigenvalue weighted by Crippen LogP contribution is -2.28. The fourth-order valence-corrected chi connectivity index (χ4v) is 3.69. The van der Waals surface area contributed by atoms with Crippen molar-refractivity contribution in [3.05, 3.63) is 88.9 Å². The van der Waals surface area contributed by atoms with Crippen LogP contribution >= 0.6 is 11.6 Å². The second-order valence-electron chi connectivity index (χ2n) is 6.83. The van der Waals surface area contributed by atoms with Crippen LogP contribution in [0.1, 0.15) is 17.5 Å². The molecule has 28 heavy (non-hydrogen) atoms. The van der Waals surface area contributed by atoms with Crippen molar-refractivity contribution >= 4 is 29.1 Å². The molecule has 0 aliphatic carbocycles. The van der Waals surface area contributed by atoms with Gasteiger partial charge < -0.3 is 9.64 Å². The smallest absolute Gasteiger partial charge is 0.410 e. The summed E-state index contributed by atoms with van der Waals surface area (Å²) in [6, 6.07) is 23.3. The molecule has 0 fully saturated rings. The van der Waals surface area contributed by atoms with Crippen LogP contribution in [0.25, 0.3) is 0 Å². The molecule has 0 aromatic heterocycles. The van der Waals surface area contributed by atoms with E-state index >= 15 is 0 Å². The molecular formula is C23H21ClN2O2. The number of fused-ring (bicyclic) bond motifs is 1. The van der Waals surface area contributed by atoms with Crippen molar-refractivity contribution in [1.29, 1.82) is 0 Å². The van der Waals surface area contributed by atoms with E-state index in [1.54, 1.807) is 24.3 Å². The second-order valence-corrected chi connectivity index (χ2v) is 7.26. The normalized spacial score (nSPS) is 13.0. The Bertz CT molecular complexity index is 975. The number of hydrogen-bond acceptors (Lipinski definition) is 3. The van der Waals surface area contributed by atoms with Gasteiger partial charge in [0.2, 0.25) is 0 Å². The molecule has 0 bridgehead atoms. The van der Waals surface area contributed by atoms with Crippen LogP contribution in [0.3, 0.4) is 0 Å². The first-order valence-electron chi connectivity index (χ1n) is 9.33. The van der Waals surface area contributed by atoms with E-state index in [1.807, 2.05) is 24.3 Å². The van der Waals surface area contributed by atoms with E-state index in [1.165, 1.54) is 16.8 Å². The molecule has 1 aliphatic rings. The predicted octanol–water partition coefficient (Wildman–Crippen LogP) is 5.90. The number of carbonyl (C=O) groups excluding carboxylic acids is 1. The highest BCUT2D eigenvalue weighted by atomic mass is 35.5. The SMILES string of the molecule is O=C(Nc1cccc(Cl)c1)Oc1ccc2c(c1)CCCN2Cc1ccccc1. The van der Waals surface area contributed by atoms with Gasteiger partial charge in [0, 0.05) is 29.5 Å². The molecule has 0 atom stereocenters. The van der Waals surface area contributed by atoms with Crippen LogP contribution in [0.2, 0.25) is 5.02 Å². The number of nitrogens with one attached hydrogen (secondary N) is 1. The summed E-state index contributed by atoms with van der Waals surface area (Å²) >= 11 is 5.94. The van der Waals surface area contributed by atoms with Gasteiger partial charge in [0.05, 0.1) is 0 Å². The average molecular weight is 393 g/mol. The third-order valence-corrected chi connectivity index (χ3v) is 5.00. The van der Waals surface area contributed by atoms with Gasteiger partial charge in [0.25, 0.3) is 0 Å². The van der Waals surface area contributed by atoms with Gasteiger partial charge in [0.1, 0.15) is 5.75 Å². The predicted molar refractivity (Wildman–Crippen MR) is 113 cm³/mol. The molecule has 0 unspecified atom stereocenters. The number of aryl methyl sites for hydroxylation is 1. The molecule has 3 aromatic rings. The fraction of sp³-hybridized carbons (Fsp3) is 0.174. The van der Waals surface area contributed by atoms with E-state index in [-0.39, 0.29) is 0 Å². The zero-order valence-electron chi connectivity index (χ0n) is 15.4. The summed E-state index contributed by atoms with van der Waals surface area (Å²) in [6.45, 7) is 1.90. The van der Waals surface area contributed by atoms with Crippen LogP contribution in [0.15, 0.2) is 72.8 Å². The maximum Gasteiger partial charge on any atom is 0.417 e. The molecule has 4 nitrogen and oxygen atoms in total. The molecule has 5 heteroatoms. The first-order valence-corrected chi connectivity index (χ1v) is 9.71. The van der Waals surface area contributed by atoms with Gasteiger partial charge in [-0.15, -0.1) is 0 Å². The summed E-state index contributed by atoms with van der Waals surface area (Å²) in [6.07, 6.45) is 1.53. The van der Waals surface area contributed by atoms with Crippen LogP contribution in [-0.2, 0) is 13.0 Å². The zero-order chi connectivity index (χ0) is 19.3. The summed E-state index contributed by atoms with van der Waals surface area (Å²) in [5.41, 5.74) is 4.30. The Hall–Kier alpha value is -2.98. The summed E-state index contributed by atoms with van der Waals surface area (Å²) in [4.78, 5) is 14.6. The maximum absolute atomic E-state index is 12.2. The summed E-state index contributed by atoms with van der Waals surface area (Å²) < 4.78 is 5.47. The lowest BCUT2D eigenvalue weighted by atomic mass is 10.0. The van der Waals surface area contributed by atoms with E-state index in [9.17, 15) is 4.79 Å². The van der Waals surface area contributed by atoms with Gasteiger partial charge >= 0.3 is 6.09 Å². The molecule has 142 valence electrons. The molecule has 3 aromatic carbocycles. The molecule has 1 amide bonds. The topological polar surface area (TPSA) is 41.6 Å². The van der Waals surface area contributed by atoms with Crippen LogP contribution in [0.4, 0.5) is 16.2 Å². The van der Waals surface area contributed by atoms with Crippen LogP contribution in [0, 0.1) is 0 Å². The number of anilines is 2. The largest absolute Gasteiger partial charge is 0.417 e. The first kappa shape index (κ1) is 18.4. The Morgan fingerprint density at radius 2 is 1.89 bits per heavy atom. The summed E-state index contributed by atoms with van der Waals surface area (Å²) in [5.74, 6) is 0.542. The molecule has 1 aliphatic heterocycles. The van der Waals surface area contributed by atoms with Crippen molar-refractivity contribution in [2.45, 2.75) is 19.4 Å². The lowest BCUT2D eigenvalue weighted by molar-refractivity contribution is 0.215. The first-order chi connectivity index (χ1) is 13.7. The van der Waals surface area contributed by atoms with Gasteiger partial charge in [-0.05, 0) is 60.4 Å². The average Bonchev–Trinajstić information content (AvgIpc) is 2.69. The zero-order valence-corrected chi connectivity index (χ0v) is 16.2. The summed E-state index contributed by atoms with van der Waals surface area (Å²) in [7, 11) is 0. The second kappa shape index (κ2) is 8.36. The number of benzene rings is 3. The molecule has 1 N–H and O–H groups in total. The maximum atomic E-state index is 12.2. The third kappa shape index (κ3) is 4.46. The Kier molecular flexibility index (Phi) is 5.49. The number of halogens is 1. The van der Waals surface area contributed by atoms with Crippen LogP contribution < -0.4 is 15.0 Å². The minimum atomic E-state index is -0.529. The third-order valence-electron chi connectivity index (χ3n) is 4.76. The van der Waals surface area contributed by atoms with Crippen molar-refractivity contribution in [3.63, 3.8) is 0 Å². The van der Waals surface area contributed by atoms with Gasteiger partial charge in [-0.3, -0.25) is 5.32 Å². The number of carbonyl (C=O) groups is 1. The summed E-state index contributed by atoms with van der Waals surface area (Å²) in [5, 5.41) is 3.26. The van der Waals surface area contributed by atoms with Crippen LogP contribution in [0.5, 0.6) is 5.75 Å². The fourth-order valence-electron chi connectivity index (χ4n) is 3.50. The number of rotatable bonds is 4. The van der Waals surface area contributed by atoms with E-state index in [4.69, 9.17) is 16.3 Å². The van der Waals surface area contributed by atoms with Crippen molar-refractivity contribution < 1.29 is 9.53 Å². The van der Waals surface area contributed by atoms with E-state index < -0.39 is 6.09 Å². The van der Waals surface area contributed by atoms with Gasteiger partial charge in [-0.2, -0.15) is 0 Å². The van der Waals surface area contributed by atoms with E-state index in [0.29, 0.717) is 16.5 Å². The van der Waals surface area contributed by atoms with Crippen molar-refractivity contribution in [1.82, 2.24) is 0 Å². The van der Waals surface area contributed by atoms with E-state index in [2.05, 4.69) is 34.5 Å². The van der Waals surface area contributed by atoms with E-state index in [0.717, 1.165) is 25.9 Å². The Morgan fingerprint density at radius 1 is 1.04 bits per heavy atom. The Morgan fingerprint density at radius 3 is 2.71 bits per heavy atom. The molecule has 0 radical (unpaired) electrons. The number of hydrogen-bond donors (Lipinski definition) is 1. The minimum absolute atomic E-state index is 0.529. The van der Waals surface area contributed by atoms with Crippen molar-refractivity contribution in [2.75, 3.05) is 16.8 Å². The molecule has 0 spiro atoms. The minimum Gasteiger partial charge on any atom is -0.410 e. The highest BCUT2D eigenvalue weighted by Crippen LogP contribution is 2.31. The highest BCUT2D eigenvalue weighted by molar-refractivity contribution is 6.30.